The summed E-state index contributed by atoms with van der Waals surface area (Å²) >= 11 is 9.14. The van der Waals surface area contributed by atoms with Crippen LogP contribution in [0.3, 0.4) is 0 Å². The fourth-order valence-electron chi connectivity index (χ4n) is 1.70. The van der Waals surface area contributed by atoms with E-state index in [1.165, 1.54) is 10.9 Å². The van der Waals surface area contributed by atoms with E-state index >= 15 is 0 Å². The van der Waals surface area contributed by atoms with E-state index in [1.54, 1.807) is 6.20 Å². The number of nitrogens with zero attached hydrogens (tertiary/aromatic N) is 4. The molecule has 2 rings (SSSR count). The molecule has 2 heterocycles. The summed E-state index contributed by atoms with van der Waals surface area (Å²) in [5, 5.41) is 11.6. The van der Waals surface area contributed by atoms with Crippen LogP contribution in [0.15, 0.2) is 23.1 Å². The van der Waals surface area contributed by atoms with Crippen LogP contribution in [0.5, 0.6) is 0 Å². The number of aryl methyl sites for hydroxylation is 2. The molecule has 2 aromatic heterocycles. The standard InChI is InChI=1S/C12H15BrClN5O/c1-9-11(13)7-18(17-9)4-2-3-15-12(20)8-19-6-10(14)5-16-19/h5-7H,2-4,8H2,1H3,(H,15,20). The van der Waals surface area contributed by atoms with Crippen molar-refractivity contribution in [2.24, 2.45) is 0 Å². The first-order valence-electron chi connectivity index (χ1n) is 6.19. The number of aromatic nitrogens is 4. The molecule has 20 heavy (non-hydrogen) atoms. The first-order valence-corrected chi connectivity index (χ1v) is 7.36. The van der Waals surface area contributed by atoms with Crippen LogP contribution in [0.4, 0.5) is 0 Å². The number of rotatable bonds is 6. The largest absolute Gasteiger partial charge is 0.354 e. The number of halogens is 2. The lowest BCUT2D eigenvalue weighted by Gasteiger charge is -2.05. The van der Waals surface area contributed by atoms with Crippen molar-refractivity contribution in [2.45, 2.75) is 26.4 Å². The SMILES string of the molecule is Cc1nn(CCCNC(=O)Cn2cc(Cl)cn2)cc1Br. The van der Waals surface area contributed by atoms with Gasteiger partial charge < -0.3 is 5.32 Å². The molecule has 0 radical (unpaired) electrons. The van der Waals surface area contributed by atoms with Crippen LogP contribution in [-0.2, 0) is 17.9 Å². The third-order valence-electron chi connectivity index (χ3n) is 2.68. The van der Waals surface area contributed by atoms with E-state index in [0.29, 0.717) is 11.6 Å². The van der Waals surface area contributed by atoms with Gasteiger partial charge in [0.15, 0.2) is 0 Å². The maximum atomic E-state index is 11.6. The Labute approximate surface area is 130 Å². The van der Waals surface area contributed by atoms with Crippen molar-refractivity contribution in [2.75, 3.05) is 6.54 Å². The Morgan fingerprint density at radius 1 is 1.45 bits per heavy atom. The lowest BCUT2D eigenvalue weighted by molar-refractivity contribution is -0.121. The predicted molar refractivity (Wildman–Crippen MR) is 79.5 cm³/mol. The molecular formula is C12H15BrClN5O. The first-order chi connectivity index (χ1) is 9.54. The molecule has 0 bridgehead atoms. The molecular weight excluding hydrogens is 346 g/mol. The van der Waals surface area contributed by atoms with E-state index in [4.69, 9.17) is 11.6 Å². The maximum Gasteiger partial charge on any atom is 0.241 e. The summed E-state index contributed by atoms with van der Waals surface area (Å²) in [6.07, 6.45) is 5.87. The minimum Gasteiger partial charge on any atom is -0.354 e. The van der Waals surface area contributed by atoms with Crippen molar-refractivity contribution in [3.05, 3.63) is 33.8 Å². The Bertz CT molecular complexity index is 575. The molecule has 0 fully saturated rings. The highest BCUT2D eigenvalue weighted by molar-refractivity contribution is 9.10. The van der Waals surface area contributed by atoms with E-state index in [1.807, 2.05) is 17.8 Å². The Hall–Kier alpha value is -1.34. The van der Waals surface area contributed by atoms with Gasteiger partial charge in [0.05, 0.1) is 21.4 Å². The van der Waals surface area contributed by atoms with Gasteiger partial charge in [0.25, 0.3) is 0 Å². The zero-order valence-electron chi connectivity index (χ0n) is 11.0. The van der Waals surface area contributed by atoms with Crippen LogP contribution in [0.1, 0.15) is 12.1 Å². The maximum absolute atomic E-state index is 11.6. The van der Waals surface area contributed by atoms with Crippen LogP contribution in [0.25, 0.3) is 0 Å². The zero-order chi connectivity index (χ0) is 14.5. The molecule has 1 amide bonds. The van der Waals surface area contributed by atoms with Crippen molar-refractivity contribution >= 4 is 33.4 Å². The average molecular weight is 361 g/mol. The highest BCUT2D eigenvalue weighted by Gasteiger charge is 2.04. The second-order valence-electron chi connectivity index (χ2n) is 4.39. The summed E-state index contributed by atoms with van der Waals surface area (Å²) in [5.41, 5.74) is 0.963. The van der Waals surface area contributed by atoms with Gasteiger partial charge in [0.1, 0.15) is 6.54 Å². The highest BCUT2D eigenvalue weighted by Crippen LogP contribution is 2.13. The van der Waals surface area contributed by atoms with Gasteiger partial charge >= 0.3 is 0 Å². The molecule has 6 nitrogen and oxygen atoms in total. The summed E-state index contributed by atoms with van der Waals surface area (Å²) in [6.45, 7) is 3.49. The molecule has 0 unspecified atom stereocenters. The minimum atomic E-state index is -0.0809. The smallest absolute Gasteiger partial charge is 0.241 e. The number of nitrogens with one attached hydrogen (secondary N) is 1. The molecule has 0 aliphatic heterocycles. The van der Waals surface area contributed by atoms with Gasteiger partial charge in [0, 0.05) is 25.5 Å². The topological polar surface area (TPSA) is 64.7 Å². The van der Waals surface area contributed by atoms with E-state index < -0.39 is 0 Å². The normalized spacial score (nSPS) is 10.8. The van der Waals surface area contributed by atoms with E-state index in [9.17, 15) is 4.79 Å². The number of hydrogen-bond acceptors (Lipinski definition) is 3. The lowest BCUT2D eigenvalue weighted by atomic mass is 10.4. The lowest BCUT2D eigenvalue weighted by Crippen LogP contribution is -2.29. The molecule has 0 saturated carbocycles. The first kappa shape index (κ1) is 15.1. The number of carbonyl (C=O) groups excluding carboxylic acids is 1. The molecule has 0 spiro atoms. The fourth-order valence-corrected chi connectivity index (χ4v) is 2.18. The number of hydrogen-bond donors (Lipinski definition) is 1. The molecule has 2 aromatic rings. The quantitative estimate of drug-likeness (QED) is 0.802. The van der Waals surface area contributed by atoms with Crippen LogP contribution in [0.2, 0.25) is 5.02 Å². The number of carbonyl (C=O) groups is 1. The zero-order valence-corrected chi connectivity index (χ0v) is 13.4. The average Bonchev–Trinajstić information content (AvgIpc) is 2.92. The van der Waals surface area contributed by atoms with Crippen LogP contribution in [0, 0.1) is 6.92 Å². The predicted octanol–water partition coefficient (Wildman–Crippen LogP) is 2.01. The Balaban J connectivity index is 1.66. The van der Waals surface area contributed by atoms with E-state index in [-0.39, 0.29) is 12.5 Å². The van der Waals surface area contributed by atoms with Crippen molar-refractivity contribution < 1.29 is 4.79 Å². The fraction of sp³-hybridized carbons (Fsp3) is 0.417. The van der Waals surface area contributed by atoms with Crippen molar-refractivity contribution in [1.29, 1.82) is 0 Å². The Kier molecular flexibility index (Phi) is 5.19. The molecule has 0 aliphatic carbocycles. The molecule has 8 heteroatoms. The Morgan fingerprint density at radius 2 is 2.25 bits per heavy atom. The summed E-state index contributed by atoms with van der Waals surface area (Å²) in [6, 6.07) is 0. The third kappa shape index (κ3) is 4.35. The van der Waals surface area contributed by atoms with Gasteiger partial charge in [-0.05, 0) is 29.3 Å². The van der Waals surface area contributed by atoms with E-state index in [0.717, 1.165) is 23.1 Å². The highest BCUT2D eigenvalue weighted by atomic mass is 79.9. The van der Waals surface area contributed by atoms with Gasteiger partial charge in [-0.3, -0.25) is 14.2 Å². The second-order valence-corrected chi connectivity index (χ2v) is 5.68. The van der Waals surface area contributed by atoms with Crippen molar-refractivity contribution in [1.82, 2.24) is 24.9 Å². The van der Waals surface area contributed by atoms with E-state index in [2.05, 4.69) is 31.4 Å². The Morgan fingerprint density at radius 3 is 2.85 bits per heavy atom. The van der Waals surface area contributed by atoms with Crippen LogP contribution >= 0.6 is 27.5 Å². The van der Waals surface area contributed by atoms with Crippen molar-refractivity contribution in [3.8, 4) is 0 Å². The summed E-state index contributed by atoms with van der Waals surface area (Å²) in [7, 11) is 0. The molecule has 0 aliphatic rings. The molecule has 0 aromatic carbocycles. The van der Waals surface area contributed by atoms with Crippen LogP contribution in [-0.4, -0.2) is 32.0 Å². The molecule has 1 N–H and O–H groups in total. The van der Waals surface area contributed by atoms with Gasteiger partial charge in [-0.25, -0.2) is 0 Å². The second kappa shape index (κ2) is 6.90. The molecule has 0 atom stereocenters. The van der Waals surface area contributed by atoms with Crippen LogP contribution < -0.4 is 5.32 Å². The van der Waals surface area contributed by atoms with Gasteiger partial charge in [0.2, 0.25) is 5.91 Å². The van der Waals surface area contributed by atoms with Gasteiger partial charge in [-0.1, -0.05) is 11.6 Å². The molecule has 108 valence electrons. The summed E-state index contributed by atoms with van der Waals surface area (Å²) in [5.74, 6) is -0.0809. The van der Waals surface area contributed by atoms with Gasteiger partial charge in [-0.2, -0.15) is 10.2 Å². The summed E-state index contributed by atoms with van der Waals surface area (Å²) in [4.78, 5) is 11.6. The minimum absolute atomic E-state index is 0.0809. The number of amides is 1. The molecule has 0 saturated heterocycles. The third-order valence-corrected chi connectivity index (χ3v) is 3.65. The van der Waals surface area contributed by atoms with Crippen molar-refractivity contribution in [3.63, 3.8) is 0 Å². The summed E-state index contributed by atoms with van der Waals surface area (Å²) < 4.78 is 4.36. The van der Waals surface area contributed by atoms with Gasteiger partial charge in [-0.15, -0.1) is 0 Å². The monoisotopic (exact) mass is 359 g/mol.